The van der Waals surface area contributed by atoms with Crippen molar-refractivity contribution >= 4 is 0 Å². The molecular weight excluding hydrogens is 262 g/mol. The first-order chi connectivity index (χ1) is 10.1. The highest BCUT2D eigenvalue weighted by atomic mass is 16.5. The molecule has 2 aromatic carbocycles. The summed E-state index contributed by atoms with van der Waals surface area (Å²) in [5.74, 6) is 1.62. The lowest BCUT2D eigenvalue weighted by atomic mass is 9.92. The van der Waals surface area contributed by atoms with Crippen LogP contribution in [-0.2, 0) is 0 Å². The number of nitrogens with two attached hydrogens (primary N) is 1. The van der Waals surface area contributed by atoms with Gasteiger partial charge in [-0.25, -0.2) is 0 Å². The third-order valence-corrected chi connectivity index (χ3v) is 3.97. The van der Waals surface area contributed by atoms with Crippen molar-refractivity contribution in [2.45, 2.75) is 32.4 Å². The van der Waals surface area contributed by atoms with Gasteiger partial charge in [0.1, 0.15) is 17.6 Å². The van der Waals surface area contributed by atoms with Crippen molar-refractivity contribution in [1.29, 1.82) is 0 Å². The van der Waals surface area contributed by atoms with Gasteiger partial charge in [-0.1, -0.05) is 35.4 Å². The molecule has 2 atom stereocenters. The molecular formula is C18H21NO2. The van der Waals surface area contributed by atoms with Gasteiger partial charge in [0.15, 0.2) is 0 Å². The van der Waals surface area contributed by atoms with Crippen LogP contribution in [0.3, 0.4) is 0 Å². The van der Waals surface area contributed by atoms with Crippen LogP contribution < -0.4 is 15.2 Å². The Morgan fingerprint density at radius 3 is 2.48 bits per heavy atom. The van der Waals surface area contributed by atoms with Gasteiger partial charge in [0.05, 0.1) is 7.11 Å². The minimum absolute atomic E-state index is 0.00166. The maximum atomic E-state index is 6.32. The molecule has 0 saturated heterocycles. The molecule has 3 rings (SSSR count). The van der Waals surface area contributed by atoms with E-state index in [1.807, 2.05) is 18.2 Å². The Morgan fingerprint density at radius 2 is 1.81 bits per heavy atom. The summed E-state index contributed by atoms with van der Waals surface area (Å²) in [5, 5.41) is 0. The highest BCUT2D eigenvalue weighted by Gasteiger charge is 2.27. The summed E-state index contributed by atoms with van der Waals surface area (Å²) in [6, 6.07) is 12.4. The van der Waals surface area contributed by atoms with Gasteiger partial charge in [0, 0.05) is 24.1 Å². The average Bonchev–Trinajstić information content (AvgIpc) is 2.45. The topological polar surface area (TPSA) is 44.5 Å². The number of benzene rings is 2. The molecule has 1 aliphatic rings. The molecule has 3 nitrogen and oxygen atoms in total. The Hall–Kier alpha value is -2.00. The lowest BCUT2D eigenvalue weighted by molar-refractivity contribution is 0.160. The van der Waals surface area contributed by atoms with Gasteiger partial charge in [0.25, 0.3) is 0 Å². The highest BCUT2D eigenvalue weighted by Crippen LogP contribution is 2.41. The second-order valence-corrected chi connectivity index (χ2v) is 5.77. The zero-order chi connectivity index (χ0) is 15.0. The zero-order valence-corrected chi connectivity index (χ0v) is 12.7. The molecule has 3 heteroatoms. The lowest BCUT2D eigenvalue weighted by Gasteiger charge is -2.31. The van der Waals surface area contributed by atoms with E-state index >= 15 is 0 Å². The summed E-state index contributed by atoms with van der Waals surface area (Å²) in [6.45, 7) is 4.21. The van der Waals surface area contributed by atoms with E-state index in [0.29, 0.717) is 0 Å². The third kappa shape index (κ3) is 2.74. The van der Waals surface area contributed by atoms with Crippen LogP contribution in [-0.4, -0.2) is 7.11 Å². The Balaban J connectivity index is 1.96. The summed E-state index contributed by atoms with van der Waals surface area (Å²) in [7, 11) is 1.66. The number of ether oxygens (including phenoxy) is 2. The Kier molecular flexibility index (Phi) is 3.60. The van der Waals surface area contributed by atoms with E-state index in [-0.39, 0.29) is 12.1 Å². The molecule has 2 aromatic rings. The molecule has 0 bridgehead atoms. The number of methoxy groups -OCH3 is 1. The van der Waals surface area contributed by atoms with E-state index in [9.17, 15) is 0 Å². The van der Waals surface area contributed by atoms with E-state index in [4.69, 9.17) is 15.2 Å². The van der Waals surface area contributed by atoms with Gasteiger partial charge < -0.3 is 15.2 Å². The number of hydrogen-bond acceptors (Lipinski definition) is 3. The molecule has 0 radical (unpaired) electrons. The fraction of sp³-hybridized carbons (Fsp3) is 0.333. The molecule has 0 saturated carbocycles. The first kappa shape index (κ1) is 14.0. The van der Waals surface area contributed by atoms with Crippen molar-refractivity contribution in [3.05, 3.63) is 58.7 Å². The molecule has 110 valence electrons. The molecule has 0 amide bonds. The van der Waals surface area contributed by atoms with E-state index in [0.717, 1.165) is 23.5 Å². The molecule has 0 aromatic heterocycles. The fourth-order valence-corrected chi connectivity index (χ4v) is 3.01. The monoisotopic (exact) mass is 283 g/mol. The maximum Gasteiger partial charge on any atom is 0.128 e. The van der Waals surface area contributed by atoms with Crippen molar-refractivity contribution in [3.8, 4) is 11.5 Å². The van der Waals surface area contributed by atoms with Crippen LogP contribution >= 0.6 is 0 Å². The smallest absolute Gasteiger partial charge is 0.128 e. The quantitative estimate of drug-likeness (QED) is 0.911. The molecule has 1 unspecified atom stereocenters. The van der Waals surface area contributed by atoms with Crippen molar-refractivity contribution in [2.75, 3.05) is 7.11 Å². The maximum absolute atomic E-state index is 6.32. The van der Waals surface area contributed by atoms with Gasteiger partial charge in [-0.15, -0.1) is 0 Å². The molecule has 1 aliphatic heterocycles. The normalized spacial score (nSPS) is 20.6. The van der Waals surface area contributed by atoms with Crippen molar-refractivity contribution < 1.29 is 9.47 Å². The van der Waals surface area contributed by atoms with E-state index < -0.39 is 0 Å². The minimum atomic E-state index is -0.00882. The number of hydrogen-bond donors (Lipinski definition) is 1. The summed E-state index contributed by atoms with van der Waals surface area (Å²) in [5.41, 5.74) is 11.1. The van der Waals surface area contributed by atoms with E-state index in [1.165, 1.54) is 16.7 Å². The summed E-state index contributed by atoms with van der Waals surface area (Å²) in [6.07, 6.45) is 0.792. The van der Waals surface area contributed by atoms with Crippen LogP contribution in [0, 0.1) is 13.8 Å². The van der Waals surface area contributed by atoms with Crippen LogP contribution in [0.15, 0.2) is 36.4 Å². The SMILES string of the molecule is COc1ccc2c(c1)OC(c1cc(C)cc(C)c1)C[C@@H]2N. The lowest BCUT2D eigenvalue weighted by Crippen LogP contribution is -2.24. The van der Waals surface area contributed by atoms with Crippen LogP contribution in [0.25, 0.3) is 0 Å². The molecule has 0 aliphatic carbocycles. The summed E-state index contributed by atoms with van der Waals surface area (Å²) >= 11 is 0. The van der Waals surface area contributed by atoms with E-state index in [1.54, 1.807) is 7.11 Å². The van der Waals surface area contributed by atoms with Crippen molar-refractivity contribution in [1.82, 2.24) is 0 Å². The second-order valence-electron chi connectivity index (χ2n) is 5.77. The molecule has 2 N–H and O–H groups in total. The average molecular weight is 283 g/mol. The predicted molar refractivity (Wildman–Crippen MR) is 83.8 cm³/mol. The Bertz CT molecular complexity index is 646. The minimum Gasteiger partial charge on any atom is -0.497 e. The standard InChI is InChI=1S/C18H21NO2/c1-11-6-12(2)8-13(7-11)17-10-16(19)15-5-4-14(20-3)9-18(15)21-17/h4-9,16-17H,10,19H2,1-3H3/t16-,17?/m0/s1. The van der Waals surface area contributed by atoms with Crippen molar-refractivity contribution in [2.24, 2.45) is 5.73 Å². The van der Waals surface area contributed by atoms with Crippen LogP contribution in [0.1, 0.15) is 40.8 Å². The Labute approximate surface area is 125 Å². The molecule has 21 heavy (non-hydrogen) atoms. The highest BCUT2D eigenvalue weighted by molar-refractivity contribution is 5.45. The fourth-order valence-electron chi connectivity index (χ4n) is 3.01. The first-order valence-corrected chi connectivity index (χ1v) is 7.25. The molecule has 0 spiro atoms. The van der Waals surface area contributed by atoms with Gasteiger partial charge in [0.2, 0.25) is 0 Å². The third-order valence-electron chi connectivity index (χ3n) is 3.97. The summed E-state index contributed by atoms with van der Waals surface area (Å²) in [4.78, 5) is 0. The van der Waals surface area contributed by atoms with Gasteiger partial charge in [-0.05, 0) is 25.5 Å². The number of aryl methyl sites for hydroxylation is 2. The second kappa shape index (κ2) is 5.41. The predicted octanol–water partition coefficient (Wildman–Crippen LogP) is 3.84. The van der Waals surface area contributed by atoms with Gasteiger partial charge in [-0.3, -0.25) is 0 Å². The zero-order valence-electron chi connectivity index (χ0n) is 12.7. The van der Waals surface area contributed by atoms with Crippen LogP contribution in [0.5, 0.6) is 11.5 Å². The molecule has 0 fully saturated rings. The number of fused-ring (bicyclic) bond motifs is 1. The van der Waals surface area contributed by atoms with Gasteiger partial charge in [-0.2, -0.15) is 0 Å². The molecule has 1 heterocycles. The summed E-state index contributed by atoms with van der Waals surface area (Å²) < 4.78 is 11.5. The van der Waals surface area contributed by atoms with Crippen molar-refractivity contribution in [3.63, 3.8) is 0 Å². The number of rotatable bonds is 2. The first-order valence-electron chi connectivity index (χ1n) is 7.25. The Morgan fingerprint density at radius 1 is 1.10 bits per heavy atom. The largest absolute Gasteiger partial charge is 0.497 e. The van der Waals surface area contributed by atoms with Crippen LogP contribution in [0.4, 0.5) is 0 Å². The van der Waals surface area contributed by atoms with Crippen LogP contribution in [0.2, 0.25) is 0 Å². The van der Waals surface area contributed by atoms with Gasteiger partial charge >= 0.3 is 0 Å². The van der Waals surface area contributed by atoms with E-state index in [2.05, 4.69) is 32.0 Å².